The number of carbonyl (C=O) groups is 2. The molecule has 3 aromatic rings. The van der Waals surface area contributed by atoms with Gasteiger partial charge in [0.05, 0.1) is 18.1 Å². The molecule has 0 saturated carbocycles. The Hall–Kier alpha value is -3.20. The van der Waals surface area contributed by atoms with Crippen LogP contribution < -0.4 is 16.4 Å². The second-order valence-corrected chi connectivity index (χ2v) is 8.33. The zero-order valence-electron chi connectivity index (χ0n) is 16.7. The van der Waals surface area contributed by atoms with Gasteiger partial charge in [-0.1, -0.05) is 46.3 Å². The van der Waals surface area contributed by atoms with Crippen molar-refractivity contribution in [3.63, 3.8) is 0 Å². The molecule has 0 fully saturated rings. The molecule has 4 rings (SSSR count). The van der Waals surface area contributed by atoms with Crippen LogP contribution in [0.2, 0.25) is 0 Å². The minimum Gasteiger partial charge on any atom is -0.467 e. The predicted molar refractivity (Wildman–Crippen MR) is 118 cm³/mol. The summed E-state index contributed by atoms with van der Waals surface area (Å²) in [5.74, 6) is -1.09. The molecule has 0 spiro atoms. The lowest BCUT2D eigenvalue weighted by Gasteiger charge is -2.28. The van der Waals surface area contributed by atoms with Gasteiger partial charge in [-0.2, -0.15) is 0 Å². The van der Waals surface area contributed by atoms with Gasteiger partial charge >= 0.3 is 17.1 Å². The zero-order valence-corrected chi connectivity index (χ0v) is 18.3. The van der Waals surface area contributed by atoms with Crippen molar-refractivity contribution in [2.45, 2.75) is 31.3 Å². The first-order chi connectivity index (χ1) is 14.9. The van der Waals surface area contributed by atoms with Crippen LogP contribution in [-0.2, 0) is 27.2 Å². The summed E-state index contributed by atoms with van der Waals surface area (Å²) in [4.78, 5) is 53.0. The van der Waals surface area contributed by atoms with Gasteiger partial charge in [-0.25, -0.2) is 4.79 Å². The van der Waals surface area contributed by atoms with Crippen molar-refractivity contribution >= 4 is 38.8 Å². The average Bonchev–Trinajstić information content (AvgIpc) is 2.76. The molecule has 1 aliphatic rings. The number of rotatable bonds is 5. The number of aryl methyl sites for hydroxylation is 1. The number of amides is 1. The van der Waals surface area contributed by atoms with E-state index in [-0.39, 0.29) is 6.42 Å². The lowest BCUT2D eigenvalue weighted by molar-refractivity contribution is -0.145. The topological polar surface area (TPSA) is 110 Å². The third-order valence-corrected chi connectivity index (χ3v) is 5.90. The van der Waals surface area contributed by atoms with Crippen molar-refractivity contribution in [2.24, 2.45) is 0 Å². The van der Waals surface area contributed by atoms with Crippen molar-refractivity contribution in [3.05, 3.63) is 78.8 Å². The summed E-state index contributed by atoms with van der Waals surface area (Å²) in [5.41, 5.74) is 1.11. The van der Waals surface area contributed by atoms with E-state index in [0.29, 0.717) is 23.9 Å². The van der Waals surface area contributed by atoms with Gasteiger partial charge in [0.15, 0.2) is 0 Å². The van der Waals surface area contributed by atoms with Gasteiger partial charge in [-0.05, 0) is 36.1 Å². The van der Waals surface area contributed by atoms with Crippen LogP contribution >= 0.6 is 15.9 Å². The van der Waals surface area contributed by atoms with E-state index in [0.717, 1.165) is 15.6 Å². The van der Waals surface area contributed by atoms with Crippen LogP contribution in [0.3, 0.4) is 0 Å². The van der Waals surface area contributed by atoms with E-state index in [9.17, 15) is 19.2 Å². The Morgan fingerprint density at radius 1 is 1.26 bits per heavy atom. The van der Waals surface area contributed by atoms with Gasteiger partial charge in [-0.3, -0.25) is 19.0 Å². The molecular formula is C22H20BrN3O5. The molecule has 160 valence electrons. The van der Waals surface area contributed by atoms with Gasteiger partial charge in [0.25, 0.3) is 0 Å². The monoisotopic (exact) mass is 485 g/mol. The summed E-state index contributed by atoms with van der Waals surface area (Å²) >= 11 is 3.41. The molecule has 2 aromatic carbocycles. The molecule has 2 atom stereocenters. The van der Waals surface area contributed by atoms with Crippen molar-refractivity contribution < 1.29 is 14.3 Å². The molecule has 0 saturated heterocycles. The molecular weight excluding hydrogens is 466 g/mol. The molecule has 2 N–H and O–H groups in total. The SMILES string of the molecule is COC(=O)[C@@H](Cc1ccccc1)NC(=O)C1CCc2cc(Br)cc3[nH]c(=O)c(=O)n1c23. The Morgan fingerprint density at radius 2 is 2.00 bits per heavy atom. The fraction of sp³-hybridized carbons (Fsp3) is 0.273. The number of esters is 1. The average molecular weight is 486 g/mol. The summed E-state index contributed by atoms with van der Waals surface area (Å²) in [5, 5.41) is 2.72. The number of nitrogens with zero attached hydrogens (tertiary/aromatic N) is 1. The number of methoxy groups -OCH3 is 1. The van der Waals surface area contributed by atoms with E-state index in [1.165, 1.54) is 11.7 Å². The summed E-state index contributed by atoms with van der Waals surface area (Å²) in [6, 6.07) is 11.0. The maximum atomic E-state index is 13.2. The van der Waals surface area contributed by atoms with Gasteiger partial charge in [0.2, 0.25) is 5.91 Å². The van der Waals surface area contributed by atoms with E-state index < -0.39 is 35.1 Å². The molecule has 1 aliphatic heterocycles. The maximum Gasteiger partial charge on any atom is 0.328 e. The molecule has 1 aromatic heterocycles. The summed E-state index contributed by atoms with van der Waals surface area (Å²) < 4.78 is 6.87. The normalized spacial score (nSPS) is 16.0. The molecule has 2 heterocycles. The van der Waals surface area contributed by atoms with E-state index >= 15 is 0 Å². The first-order valence-corrected chi connectivity index (χ1v) is 10.6. The van der Waals surface area contributed by atoms with E-state index in [1.54, 1.807) is 6.07 Å². The third kappa shape index (κ3) is 4.05. The van der Waals surface area contributed by atoms with Crippen molar-refractivity contribution in [1.82, 2.24) is 14.9 Å². The first kappa shape index (κ1) is 21.0. The number of halogens is 1. The van der Waals surface area contributed by atoms with Gasteiger partial charge in [0, 0.05) is 10.9 Å². The molecule has 1 unspecified atom stereocenters. The number of ether oxygens (including phenoxy) is 1. The minimum atomic E-state index is -0.917. The highest BCUT2D eigenvalue weighted by Crippen LogP contribution is 2.31. The van der Waals surface area contributed by atoms with Crippen molar-refractivity contribution in [3.8, 4) is 0 Å². The van der Waals surface area contributed by atoms with Crippen molar-refractivity contribution in [1.29, 1.82) is 0 Å². The van der Waals surface area contributed by atoms with E-state index in [4.69, 9.17) is 4.74 Å². The fourth-order valence-electron chi connectivity index (χ4n) is 4.03. The maximum absolute atomic E-state index is 13.2. The molecule has 0 aliphatic carbocycles. The largest absolute Gasteiger partial charge is 0.467 e. The Morgan fingerprint density at radius 3 is 2.71 bits per heavy atom. The van der Waals surface area contributed by atoms with Crippen LogP contribution in [0.25, 0.3) is 11.0 Å². The standard InChI is InChI=1S/C22H20BrN3O5/c1-31-22(30)16(9-12-5-3-2-4-6-12)25-19(27)17-8-7-13-10-14(23)11-15-18(13)26(17)21(29)20(28)24-15/h2-6,10-11,16-17H,7-9H2,1H3,(H,24,28)(H,25,27)/t16-,17?/m1/s1. The molecule has 31 heavy (non-hydrogen) atoms. The number of aromatic nitrogens is 2. The van der Waals surface area contributed by atoms with Gasteiger partial charge < -0.3 is 15.0 Å². The number of H-pyrrole nitrogens is 1. The molecule has 0 bridgehead atoms. The molecule has 9 heteroatoms. The number of nitrogens with one attached hydrogen (secondary N) is 2. The summed E-state index contributed by atoms with van der Waals surface area (Å²) in [6.07, 6.45) is 1.11. The van der Waals surface area contributed by atoms with E-state index in [2.05, 4.69) is 26.2 Å². The van der Waals surface area contributed by atoms with Crippen LogP contribution in [0, 0.1) is 0 Å². The molecule has 0 radical (unpaired) electrons. The van der Waals surface area contributed by atoms with Crippen molar-refractivity contribution in [2.75, 3.05) is 7.11 Å². The second-order valence-electron chi connectivity index (χ2n) is 7.42. The summed E-state index contributed by atoms with van der Waals surface area (Å²) in [6.45, 7) is 0. The Labute approximate surface area is 185 Å². The zero-order chi connectivity index (χ0) is 22.1. The van der Waals surface area contributed by atoms with Gasteiger partial charge in [-0.15, -0.1) is 0 Å². The molecule has 1 amide bonds. The predicted octanol–water partition coefficient (Wildman–Crippen LogP) is 1.84. The number of carbonyl (C=O) groups excluding carboxylic acids is 2. The quantitative estimate of drug-likeness (QED) is 0.423. The highest BCUT2D eigenvalue weighted by molar-refractivity contribution is 9.10. The van der Waals surface area contributed by atoms with Gasteiger partial charge in [0.1, 0.15) is 12.1 Å². The number of aromatic amines is 1. The van der Waals surface area contributed by atoms with Crippen LogP contribution in [0.1, 0.15) is 23.6 Å². The van der Waals surface area contributed by atoms with Crippen LogP contribution in [0.4, 0.5) is 0 Å². The first-order valence-electron chi connectivity index (χ1n) is 9.78. The van der Waals surface area contributed by atoms with Crippen LogP contribution in [-0.4, -0.2) is 34.6 Å². The smallest absolute Gasteiger partial charge is 0.328 e. The number of hydrogen-bond donors (Lipinski definition) is 2. The Bertz CT molecular complexity index is 1280. The highest BCUT2D eigenvalue weighted by atomic mass is 79.9. The lowest BCUT2D eigenvalue weighted by Crippen LogP contribution is -2.49. The Balaban J connectivity index is 1.71. The second kappa shape index (κ2) is 8.50. The van der Waals surface area contributed by atoms with Crippen LogP contribution in [0.15, 0.2) is 56.5 Å². The van der Waals surface area contributed by atoms with Crippen LogP contribution in [0.5, 0.6) is 0 Å². The highest BCUT2D eigenvalue weighted by Gasteiger charge is 2.32. The summed E-state index contributed by atoms with van der Waals surface area (Å²) in [7, 11) is 1.26. The molecule has 8 nitrogen and oxygen atoms in total. The van der Waals surface area contributed by atoms with E-state index in [1.807, 2.05) is 36.4 Å². The third-order valence-electron chi connectivity index (χ3n) is 5.44. The number of benzene rings is 2. The fourth-order valence-corrected chi connectivity index (χ4v) is 4.54. The minimum absolute atomic E-state index is 0.245. The lowest BCUT2D eigenvalue weighted by atomic mass is 9.97. The number of hydrogen-bond acceptors (Lipinski definition) is 5. The Kier molecular flexibility index (Phi) is 5.77.